The fraction of sp³-hybridized carbons (Fsp3) is 0.750. The summed E-state index contributed by atoms with van der Waals surface area (Å²) in [4.78, 5) is 11.1. The van der Waals surface area contributed by atoms with Crippen LogP contribution in [0.3, 0.4) is 0 Å². The molecule has 0 aromatic carbocycles. The van der Waals surface area contributed by atoms with Crippen molar-refractivity contribution in [1.29, 1.82) is 0 Å². The van der Waals surface area contributed by atoms with Gasteiger partial charge in [-0.3, -0.25) is 4.79 Å². The molecule has 0 radical (unpaired) electrons. The van der Waals surface area contributed by atoms with Crippen LogP contribution in [0.15, 0.2) is 23.8 Å². The third-order valence-electron chi connectivity index (χ3n) is 5.44. The molecule has 0 spiro atoms. The number of aliphatic hydroxyl groups excluding tert-OH is 4. The van der Waals surface area contributed by atoms with E-state index in [1.165, 1.54) is 13.0 Å². The molecule has 0 aromatic rings. The van der Waals surface area contributed by atoms with Gasteiger partial charge >= 0.3 is 0 Å². The molecule has 8 nitrogen and oxygen atoms in total. The average molecular weight is 400 g/mol. The van der Waals surface area contributed by atoms with E-state index in [9.17, 15) is 30.3 Å². The minimum Gasteiger partial charge on any atom is -0.394 e. The van der Waals surface area contributed by atoms with Crippen molar-refractivity contribution < 1.29 is 39.8 Å². The third kappa shape index (κ3) is 5.07. The first-order valence-electron chi connectivity index (χ1n) is 9.47. The number of allylic oxidation sites excluding steroid dienone is 3. The highest BCUT2D eigenvalue weighted by Crippen LogP contribution is 2.47. The van der Waals surface area contributed by atoms with Crippen LogP contribution in [-0.2, 0) is 14.3 Å². The van der Waals surface area contributed by atoms with Crippen LogP contribution in [0.1, 0.15) is 40.5 Å². The zero-order valence-corrected chi connectivity index (χ0v) is 16.8. The average Bonchev–Trinajstić information content (AvgIpc) is 2.56. The summed E-state index contributed by atoms with van der Waals surface area (Å²) >= 11 is 0. The molecule has 0 unspecified atom stereocenters. The highest BCUT2D eigenvalue weighted by atomic mass is 16.7. The first-order chi connectivity index (χ1) is 12.9. The zero-order valence-electron chi connectivity index (χ0n) is 16.8. The molecule has 0 bridgehead atoms. The van der Waals surface area contributed by atoms with Gasteiger partial charge in [-0.2, -0.15) is 0 Å². The molecular weight excluding hydrogens is 368 g/mol. The van der Waals surface area contributed by atoms with E-state index in [0.29, 0.717) is 6.42 Å². The van der Waals surface area contributed by atoms with Crippen molar-refractivity contribution in [3.8, 4) is 0 Å². The summed E-state index contributed by atoms with van der Waals surface area (Å²) in [6.07, 6.45) is -1.74. The van der Waals surface area contributed by atoms with Gasteiger partial charge in [-0.25, -0.2) is 0 Å². The van der Waals surface area contributed by atoms with Crippen molar-refractivity contribution in [3.05, 3.63) is 23.8 Å². The van der Waals surface area contributed by atoms with E-state index in [4.69, 9.17) is 9.47 Å². The number of carbonyl (C=O) groups excluding carboxylic acids is 1. The summed E-state index contributed by atoms with van der Waals surface area (Å²) in [5.41, 5.74) is -0.935. The number of carbonyl (C=O) groups is 1. The minimum atomic E-state index is -1.51. The lowest BCUT2D eigenvalue weighted by Gasteiger charge is -2.48. The van der Waals surface area contributed by atoms with Crippen molar-refractivity contribution in [2.45, 2.75) is 82.9 Å². The van der Waals surface area contributed by atoms with Gasteiger partial charge in [0, 0.05) is 6.42 Å². The quantitative estimate of drug-likeness (QED) is 0.401. The van der Waals surface area contributed by atoms with Gasteiger partial charge in [0.1, 0.15) is 24.4 Å². The molecule has 28 heavy (non-hydrogen) atoms. The predicted molar refractivity (Wildman–Crippen MR) is 100 cm³/mol. The Hall–Kier alpha value is -1.13. The van der Waals surface area contributed by atoms with E-state index in [-0.39, 0.29) is 12.2 Å². The Bertz CT molecular complexity index is 602. The normalized spacial score (nSPS) is 42.8. The van der Waals surface area contributed by atoms with Gasteiger partial charge in [-0.1, -0.05) is 26.0 Å². The van der Waals surface area contributed by atoms with Gasteiger partial charge in [0.15, 0.2) is 12.1 Å². The van der Waals surface area contributed by atoms with E-state index in [1.807, 2.05) is 13.8 Å². The van der Waals surface area contributed by atoms with Crippen molar-refractivity contribution in [2.24, 2.45) is 5.41 Å². The fourth-order valence-corrected chi connectivity index (χ4v) is 4.18. The topological polar surface area (TPSA) is 137 Å². The monoisotopic (exact) mass is 400 g/mol. The maximum atomic E-state index is 11.1. The lowest BCUT2D eigenvalue weighted by Crippen LogP contribution is -2.60. The van der Waals surface area contributed by atoms with Crippen molar-refractivity contribution >= 4 is 5.78 Å². The van der Waals surface area contributed by atoms with E-state index >= 15 is 0 Å². The highest BCUT2D eigenvalue weighted by Gasteiger charge is 2.49. The lowest BCUT2D eigenvalue weighted by atomic mass is 9.65. The van der Waals surface area contributed by atoms with Crippen LogP contribution in [0.25, 0.3) is 0 Å². The second-order valence-electron chi connectivity index (χ2n) is 8.57. The highest BCUT2D eigenvalue weighted by molar-refractivity contribution is 5.87. The largest absolute Gasteiger partial charge is 0.394 e. The molecule has 5 N–H and O–H groups in total. The Labute approximate surface area is 165 Å². The Morgan fingerprint density at radius 2 is 1.82 bits per heavy atom. The first kappa shape index (κ1) is 23.2. The van der Waals surface area contributed by atoms with Gasteiger partial charge < -0.3 is 35.0 Å². The van der Waals surface area contributed by atoms with Gasteiger partial charge in [0.25, 0.3) is 0 Å². The molecule has 0 aromatic heterocycles. The molecular formula is C20H32O8. The maximum Gasteiger partial charge on any atom is 0.186 e. The Morgan fingerprint density at radius 1 is 1.18 bits per heavy atom. The predicted octanol–water partition coefficient (Wildman–Crippen LogP) is -0.186. The molecule has 1 aliphatic heterocycles. The maximum absolute atomic E-state index is 11.1. The molecule has 0 amide bonds. The molecule has 2 fully saturated rings. The number of aliphatic hydroxyl groups is 5. The molecule has 1 saturated heterocycles. The SMILES string of the molecule is CC(=O)/C=C/C=C1\C(C)(C)C[C@@H](O[C@@H]2O[C@H](CO)[C@@H](O)[C@H](O)[C@H]2O)C[C@@]1(C)O. The first-order valence-corrected chi connectivity index (χ1v) is 9.47. The zero-order chi connectivity index (χ0) is 21.3. The third-order valence-corrected chi connectivity index (χ3v) is 5.44. The van der Waals surface area contributed by atoms with Crippen LogP contribution in [0.2, 0.25) is 0 Å². The molecule has 2 aliphatic rings. The molecule has 1 saturated carbocycles. The fourth-order valence-electron chi connectivity index (χ4n) is 4.18. The molecule has 2 rings (SSSR count). The van der Waals surface area contributed by atoms with Crippen molar-refractivity contribution in [2.75, 3.05) is 6.61 Å². The molecule has 7 atom stereocenters. The second kappa shape index (κ2) is 8.71. The summed E-state index contributed by atoms with van der Waals surface area (Å²) in [5.74, 6) is -0.0889. The second-order valence-corrected chi connectivity index (χ2v) is 8.57. The van der Waals surface area contributed by atoms with Crippen LogP contribution in [-0.4, -0.2) is 80.3 Å². The van der Waals surface area contributed by atoms with E-state index in [2.05, 4.69) is 0 Å². The summed E-state index contributed by atoms with van der Waals surface area (Å²) in [5, 5.41) is 50.3. The molecule has 1 aliphatic carbocycles. The number of hydrogen-bond donors (Lipinski definition) is 5. The van der Waals surface area contributed by atoms with Crippen LogP contribution in [0, 0.1) is 5.41 Å². The van der Waals surface area contributed by atoms with Gasteiger partial charge in [-0.05, 0) is 37.3 Å². The number of hydrogen-bond acceptors (Lipinski definition) is 8. The Kier molecular flexibility index (Phi) is 7.20. The summed E-state index contributed by atoms with van der Waals surface area (Å²) in [6, 6.07) is 0. The van der Waals surface area contributed by atoms with Crippen LogP contribution in [0.5, 0.6) is 0 Å². The smallest absolute Gasteiger partial charge is 0.186 e. The van der Waals surface area contributed by atoms with Crippen LogP contribution < -0.4 is 0 Å². The summed E-state index contributed by atoms with van der Waals surface area (Å²) < 4.78 is 11.3. The van der Waals surface area contributed by atoms with E-state index < -0.39 is 54.4 Å². The van der Waals surface area contributed by atoms with Crippen molar-refractivity contribution in [1.82, 2.24) is 0 Å². The summed E-state index contributed by atoms with van der Waals surface area (Å²) in [7, 11) is 0. The number of ketones is 1. The number of ether oxygens (including phenoxy) is 2. The van der Waals surface area contributed by atoms with E-state index in [0.717, 1.165) is 5.57 Å². The molecule has 8 heteroatoms. The number of rotatable bonds is 5. The molecule has 160 valence electrons. The minimum absolute atomic E-state index is 0.0889. The Balaban J connectivity index is 2.16. The van der Waals surface area contributed by atoms with Crippen molar-refractivity contribution in [3.63, 3.8) is 0 Å². The lowest BCUT2D eigenvalue weighted by molar-refractivity contribution is -0.316. The van der Waals surface area contributed by atoms with Gasteiger partial charge in [0.2, 0.25) is 0 Å². The van der Waals surface area contributed by atoms with Crippen LogP contribution >= 0.6 is 0 Å². The van der Waals surface area contributed by atoms with Gasteiger partial charge in [-0.15, -0.1) is 0 Å². The summed E-state index contributed by atoms with van der Waals surface area (Å²) in [6.45, 7) is 6.46. The van der Waals surface area contributed by atoms with E-state index in [1.54, 1.807) is 19.1 Å². The van der Waals surface area contributed by atoms with Crippen LogP contribution in [0.4, 0.5) is 0 Å². The van der Waals surface area contributed by atoms with Gasteiger partial charge in [0.05, 0.1) is 18.3 Å². The Morgan fingerprint density at radius 3 is 2.36 bits per heavy atom. The standard InChI is InChI=1S/C20H32O8/c1-11(22)6-5-7-14-19(2,3)8-12(9-20(14,4)26)27-18-17(25)16(24)15(23)13(10-21)28-18/h5-7,12-13,15-18,21,23-26H,8-10H2,1-4H3/b6-5+,14-7+/t12-,13-,15-,16+,17-,18-,20-/m1/s1. The molecule has 1 heterocycles.